The van der Waals surface area contributed by atoms with Crippen molar-refractivity contribution in [2.75, 3.05) is 6.54 Å². The normalized spacial score (nSPS) is 19.2. The Bertz CT molecular complexity index is 858. The minimum absolute atomic E-state index is 0.0868. The average molecular weight is 343 g/mol. The van der Waals surface area contributed by atoms with Gasteiger partial charge in [-0.3, -0.25) is 14.7 Å². The van der Waals surface area contributed by atoms with E-state index < -0.39 is 0 Å². The molecule has 1 N–H and O–H groups in total. The molecule has 1 atom stereocenters. The lowest BCUT2D eigenvalue weighted by Crippen LogP contribution is -2.65. The Morgan fingerprint density at radius 3 is 2.36 bits per heavy atom. The minimum Gasteiger partial charge on any atom is -0.333 e. The molecule has 7 nitrogen and oxygen atoms in total. The summed E-state index contributed by atoms with van der Waals surface area (Å²) in [6, 6.07) is 3.31. The van der Waals surface area contributed by atoms with Crippen molar-refractivity contribution in [3.63, 3.8) is 0 Å². The average Bonchev–Trinajstić information content (AvgIpc) is 2.84. The predicted molar refractivity (Wildman–Crippen MR) is 94.9 cm³/mol. The van der Waals surface area contributed by atoms with Gasteiger partial charge in [0.05, 0.1) is 0 Å². The number of aryl methyl sites for hydroxylation is 2. The first-order valence-electron chi connectivity index (χ1n) is 8.56. The third-order valence-corrected chi connectivity index (χ3v) is 4.73. The van der Waals surface area contributed by atoms with Gasteiger partial charge in [-0.05, 0) is 25.8 Å². The molecule has 1 fully saturated rings. The van der Waals surface area contributed by atoms with Crippen LogP contribution in [0.5, 0.6) is 0 Å². The second kappa shape index (κ2) is 5.82. The van der Waals surface area contributed by atoms with Crippen LogP contribution in [0.2, 0.25) is 0 Å². The Labute approximate surface area is 147 Å². The van der Waals surface area contributed by atoms with E-state index in [1.807, 2.05) is 24.8 Å². The van der Waals surface area contributed by atoms with E-state index in [2.05, 4.69) is 42.8 Å². The first-order chi connectivity index (χ1) is 11.6. The van der Waals surface area contributed by atoms with Crippen molar-refractivity contribution in [1.29, 1.82) is 0 Å². The SMILES string of the molecule is Cc1cc(C)nc(-n2[nH]c(C(=O)N3CC(C)(C)C3C(C)C)cc2=O)n1. The van der Waals surface area contributed by atoms with Crippen LogP contribution in [-0.4, -0.2) is 43.1 Å². The van der Waals surface area contributed by atoms with Crippen LogP contribution in [0, 0.1) is 25.2 Å². The van der Waals surface area contributed by atoms with Gasteiger partial charge in [0.25, 0.3) is 17.4 Å². The number of carbonyl (C=O) groups is 1. The molecule has 2 aromatic rings. The molecule has 1 unspecified atom stereocenters. The van der Waals surface area contributed by atoms with Gasteiger partial charge in [0.2, 0.25) is 0 Å². The quantitative estimate of drug-likeness (QED) is 0.925. The lowest BCUT2D eigenvalue weighted by Gasteiger charge is -2.56. The van der Waals surface area contributed by atoms with E-state index in [1.165, 1.54) is 10.7 Å². The number of rotatable bonds is 3. The summed E-state index contributed by atoms with van der Waals surface area (Å²) in [5.74, 6) is 0.452. The van der Waals surface area contributed by atoms with E-state index in [9.17, 15) is 9.59 Å². The van der Waals surface area contributed by atoms with E-state index in [1.54, 1.807) is 0 Å². The lowest BCUT2D eigenvalue weighted by molar-refractivity contribution is -0.0522. The van der Waals surface area contributed by atoms with Gasteiger partial charge in [0.1, 0.15) is 5.69 Å². The summed E-state index contributed by atoms with van der Waals surface area (Å²) in [7, 11) is 0. The lowest BCUT2D eigenvalue weighted by atomic mass is 9.70. The smallest absolute Gasteiger partial charge is 0.274 e. The highest BCUT2D eigenvalue weighted by atomic mass is 16.2. The summed E-state index contributed by atoms with van der Waals surface area (Å²) in [5.41, 5.74) is 1.55. The molecule has 0 aliphatic carbocycles. The number of amides is 1. The fraction of sp³-hybridized carbons (Fsp3) is 0.556. The number of hydrogen-bond donors (Lipinski definition) is 1. The van der Waals surface area contributed by atoms with Crippen molar-refractivity contribution in [1.82, 2.24) is 24.6 Å². The maximum atomic E-state index is 12.9. The topological polar surface area (TPSA) is 83.9 Å². The van der Waals surface area contributed by atoms with E-state index in [-0.39, 0.29) is 34.6 Å². The van der Waals surface area contributed by atoms with Crippen molar-refractivity contribution in [2.45, 2.75) is 47.6 Å². The van der Waals surface area contributed by atoms with Crippen molar-refractivity contribution in [2.24, 2.45) is 11.3 Å². The Kier molecular flexibility index (Phi) is 4.05. The molecule has 0 spiro atoms. The highest BCUT2D eigenvalue weighted by molar-refractivity contribution is 5.93. The third kappa shape index (κ3) is 2.99. The molecule has 3 rings (SSSR count). The fourth-order valence-electron chi connectivity index (χ4n) is 4.02. The standard InChI is InChI=1S/C18H25N5O2/c1-10(2)15-18(5,6)9-22(15)16(25)13-8-14(24)23(21-13)17-19-11(3)7-12(4)20-17/h7-8,10,15,21H,9H2,1-6H3. The van der Waals surface area contributed by atoms with Crippen LogP contribution in [0.25, 0.3) is 5.95 Å². The Hall–Kier alpha value is -2.44. The number of carbonyl (C=O) groups excluding carboxylic acids is 1. The van der Waals surface area contributed by atoms with Gasteiger partial charge >= 0.3 is 0 Å². The summed E-state index contributed by atoms with van der Waals surface area (Å²) in [4.78, 5) is 35.6. The van der Waals surface area contributed by atoms with Gasteiger partial charge in [-0.2, -0.15) is 4.68 Å². The Balaban J connectivity index is 1.93. The van der Waals surface area contributed by atoms with Crippen LogP contribution in [0.1, 0.15) is 49.6 Å². The van der Waals surface area contributed by atoms with Crippen LogP contribution in [0.4, 0.5) is 0 Å². The first kappa shape index (κ1) is 17.4. The van der Waals surface area contributed by atoms with Crippen LogP contribution in [0.15, 0.2) is 16.9 Å². The zero-order valence-electron chi connectivity index (χ0n) is 15.6. The molecule has 1 aliphatic rings. The van der Waals surface area contributed by atoms with Gasteiger partial charge in [0.15, 0.2) is 0 Å². The molecule has 134 valence electrons. The Morgan fingerprint density at radius 1 is 1.24 bits per heavy atom. The highest BCUT2D eigenvalue weighted by Gasteiger charge is 2.49. The monoisotopic (exact) mass is 343 g/mol. The van der Waals surface area contributed by atoms with Crippen LogP contribution in [0.3, 0.4) is 0 Å². The van der Waals surface area contributed by atoms with E-state index >= 15 is 0 Å². The first-order valence-corrected chi connectivity index (χ1v) is 8.56. The molecule has 1 saturated heterocycles. The van der Waals surface area contributed by atoms with Gasteiger partial charge in [-0.25, -0.2) is 9.97 Å². The zero-order chi connectivity index (χ0) is 18.5. The number of likely N-dealkylation sites (tertiary alicyclic amines) is 1. The molecule has 0 bridgehead atoms. The number of hydrogen-bond acceptors (Lipinski definition) is 4. The highest BCUT2D eigenvalue weighted by Crippen LogP contribution is 2.41. The van der Waals surface area contributed by atoms with Crippen LogP contribution in [-0.2, 0) is 0 Å². The Morgan fingerprint density at radius 2 is 1.84 bits per heavy atom. The van der Waals surface area contributed by atoms with Crippen LogP contribution < -0.4 is 5.56 Å². The summed E-state index contributed by atoms with van der Waals surface area (Å²) in [5, 5.41) is 2.88. The third-order valence-electron chi connectivity index (χ3n) is 4.73. The fourth-order valence-corrected chi connectivity index (χ4v) is 4.02. The number of H-pyrrole nitrogens is 1. The van der Waals surface area contributed by atoms with Gasteiger partial charge in [-0.1, -0.05) is 27.7 Å². The summed E-state index contributed by atoms with van der Waals surface area (Å²) in [6.07, 6.45) is 0. The number of aromatic nitrogens is 4. The van der Waals surface area contributed by atoms with E-state index in [4.69, 9.17) is 0 Å². The molecular formula is C18H25N5O2. The molecule has 0 aromatic carbocycles. The molecule has 0 radical (unpaired) electrons. The molecular weight excluding hydrogens is 318 g/mol. The summed E-state index contributed by atoms with van der Waals surface area (Å²) < 4.78 is 1.22. The van der Waals surface area contributed by atoms with Gasteiger partial charge < -0.3 is 4.90 Å². The largest absolute Gasteiger partial charge is 0.333 e. The van der Waals surface area contributed by atoms with Crippen molar-refractivity contribution in [3.05, 3.63) is 39.6 Å². The molecule has 3 heterocycles. The predicted octanol–water partition coefficient (Wildman–Crippen LogP) is 2.08. The van der Waals surface area contributed by atoms with Gasteiger partial charge in [-0.15, -0.1) is 0 Å². The summed E-state index contributed by atoms with van der Waals surface area (Å²) in [6.45, 7) is 12.9. The molecule has 1 amide bonds. The van der Waals surface area contributed by atoms with Crippen molar-refractivity contribution < 1.29 is 4.79 Å². The number of nitrogens with one attached hydrogen (secondary N) is 1. The maximum absolute atomic E-state index is 12.9. The van der Waals surface area contributed by atoms with E-state index in [0.717, 1.165) is 11.4 Å². The number of aromatic amines is 1. The second-order valence-electron chi connectivity index (χ2n) is 7.90. The molecule has 1 aliphatic heterocycles. The molecule has 2 aromatic heterocycles. The molecule has 7 heteroatoms. The van der Waals surface area contributed by atoms with Gasteiger partial charge in [0, 0.05) is 35.5 Å². The van der Waals surface area contributed by atoms with Crippen molar-refractivity contribution >= 4 is 5.91 Å². The number of nitrogens with zero attached hydrogens (tertiary/aromatic N) is 4. The van der Waals surface area contributed by atoms with E-state index in [0.29, 0.717) is 12.5 Å². The van der Waals surface area contributed by atoms with Crippen molar-refractivity contribution in [3.8, 4) is 5.95 Å². The maximum Gasteiger partial charge on any atom is 0.274 e. The molecule has 25 heavy (non-hydrogen) atoms. The van der Waals surface area contributed by atoms with Crippen LogP contribution >= 0.6 is 0 Å². The zero-order valence-corrected chi connectivity index (χ0v) is 15.6. The molecule has 0 saturated carbocycles. The second-order valence-corrected chi connectivity index (χ2v) is 7.90. The summed E-state index contributed by atoms with van der Waals surface area (Å²) >= 11 is 0. The minimum atomic E-state index is -0.339.